The summed E-state index contributed by atoms with van der Waals surface area (Å²) in [5.41, 5.74) is 0. The summed E-state index contributed by atoms with van der Waals surface area (Å²) in [6.07, 6.45) is 6.14. The van der Waals surface area contributed by atoms with Crippen LogP contribution in [0.4, 0.5) is 0 Å². The highest BCUT2D eigenvalue weighted by Crippen LogP contribution is 2.25. The van der Waals surface area contributed by atoms with Gasteiger partial charge >= 0.3 is 5.97 Å². The second-order valence-corrected chi connectivity index (χ2v) is 8.78. The monoisotopic (exact) mass is 343 g/mol. The molecule has 0 aromatic carbocycles. The number of thiophene rings is 1. The smallest absolute Gasteiger partial charge is 0.321 e. The van der Waals surface area contributed by atoms with Gasteiger partial charge in [-0.05, 0) is 36.1 Å². The normalized spacial score (nSPS) is 22.0. The molecule has 1 aliphatic carbocycles. The molecule has 0 saturated carbocycles. The van der Waals surface area contributed by atoms with Gasteiger partial charge in [-0.15, -0.1) is 11.3 Å². The fraction of sp³-hybridized carbons (Fsp3) is 0.533. The molecule has 0 fully saturated rings. The summed E-state index contributed by atoms with van der Waals surface area (Å²) >= 11 is 1.13. The van der Waals surface area contributed by atoms with E-state index in [9.17, 15) is 13.2 Å². The van der Waals surface area contributed by atoms with E-state index in [1.807, 2.05) is 0 Å². The lowest BCUT2D eigenvalue weighted by atomic mass is 9.85. The van der Waals surface area contributed by atoms with Crippen molar-refractivity contribution in [3.05, 3.63) is 29.7 Å². The highest BCUT2D eigenvalue weighted by Gasteiger charge is 2.25. The lowest BCUT2D eigenvalue weighted by Crippen LogP contribution is -2.33. The average molecular weight is 343 g/mol. The number of allylic oxidation sites excluding steroid dienone is 2. The minimum Gasteiger partial charge on any atom is -0.464 e. The minimum absolute atomic E-state index is 0.230. The zero-order valence-electron chi connectivity index (χ0n) is 12.8. The number of carbonyl (C=O) groups excluding carboxylic acids is 1. The Morgan fingerprint density at radius 3 is 2.77 bits per heavy atom. The minimum atomic E-state index is -3.60. The molecule has 0 amide bonds. The first-order valence-corrected chi connectivity index (χ1v) is 9.53. The fourth-order valence-electron chi connectivity index (χ4n) is 2.32. The maximum atomic E-state index is 12.2. The van der Waals surface area contributed by atoms with Crippen molar-refractivity contribution in [3.8, 4) is 0 Å². The lowest BCUT2D eigenvalue weighted by molar-refractivity contribution is -0.145. The molecule has 122 valence electrons. The number of ether oxygens (including phenoxy) is 1. The Kier molecular flexibility index (Phi) is 5.77. The van der Waals surface area contributed by atoms with E-state index >= 15 is 0 Å². The van der Waals surface area contributed by atoms with Crippen LogP contribution < -0.4 is 0 Å². The second-order valence-electron chi connectivity index (χ2n) is 5.56. The van der Waals surface area contributed by atoms with Crippen LogP contribution in [0.2, 0.25) is 0 Å². The summed E-state index contributed by atoms with van der Waals surface area (Å²) in [6, 6.07) is 3.19. The summed E-state index contributed by atoms with van der Waals surface area (Å²) < 4.78 is 30.9. The van der Waals surface area contributed by atoms with Gasteiger partial charge in [0.25, 0.3) is 10.0 Å². The van der Waals surface area contributed by atoms with Crippen LogP contribution in [0.1, 0.15) is 19.8 Å². The van der Waals surface area contributed by atoms with E-state index in [2.05, 4.69) is 19.1 Å². The van der Waals surface area contributed by atoms with Crippen LogP contribution in [0.3, 0.4) is 0 Å². The molecule has 0 saturated heterocycles. The van der Waals surface area contributed by atoms with Gasteiger partial charge < -0.3 is 4.74 Å². The van der Waals surface area contributed by atoms with Gasteiger partial charge in [0.2, 0.25) is 0 Å². The van der Waals surface area contributed by atoms with Crippen LogP contribution in [-0.2, 0) is 19.6 Å². The third kappa shape index (κ3) is 4.18. The van der Waals surface area contributed by atoms with Gasteiger partial charge in [-0.2, -0.15) is 4.31 Å². The van der Waals surface area contributed by atoms with Gasteiger partial charge in [0, 0.05) is 7.05 Å². The van der Waals surface area contributed by atoms with E-state index in [1.54, 1.807) is 11.4 Å². The average Bonchev–Trinajstić information content (AvgIpc) is 3.01. The standard InChI is InChI=1S/C15H21NO4S2/c1-12-6-3-4-7-13(12)11-20-14(17)10-16(2)22(18,19)15-8-5-9-21-15/h3-5,8-9,12-13H,6-7,10-11H2,1-2H3. The van der Waals surface area contributed by atoms with Crippen molar-refractivity contribution >= 4 is 27.3 Å². The van der Waals surface area contributed by atoms with Gasteiger partial charge in [-0.3, -0.25) is 4.79 Å². The Morgan fingerprint density at radius 2 is 2.14 bits per heavy atom. The van der Waals surface area contributed by atoms with Crippen LogP contribution in [0.5, 0.6) is 0 Å². The third-order valence-corrected chi connectivity index (χ3v) is 7.06. The van der Waals surface area contributed by atoms with E-state index in [0.29, 0.717) is 18.4 Å². The van der Waals surface area contributed by atoms with E-state index in [4.69, 9.17) is 4.74 Å². The first-order valence-electron chi connectivity index (χ1n) is 7.21. The largest absolute Gasteiger partial charge is 0.464 e. The van der Waals surface area contributed by atoms with Crippen molar-refractivity contribution in [2.75, 3.05) is 20.2 Å². The molecule has 0 N–H and O–H groups in total. The SMILES string of the molecule is CC1CC=CCC1COC(=O)CN(C)S(=O)(=O)c1cccs1. The van der Waals surface area contributed by atoms with Crippen LogP contribution in [0.25, 0.3) is 0 Å². The Bertz CT molecular complexity index is 622. The molecule has 1 aromatic rings. The number of sulfonamides is 1. The summed E-state index contributed by atoms with van der Waals surface area (Å²) in [4.78, 5) is 11.9. The van der Waals surface area contributed by atoms with E-state index in [-0.39, 0.29) is 10.8 Å². The number of hydrogen-bond acceptors (Lipinski definition) is 5. The molecule has 1 heterocycles. The summed E-state index contributed by atoms with van der Waals surface area (Å²) in [6.45, 7) is 2.21. The topological polar surface area (TPSA) is 63.7 Å². The fourth-order valence-corrected chi connectivity index (χ4v) is 4.63. The molecule has 0 bridgehead atoms. The van der Waals surface area contributed by atoms with Crippen molar-refractivity contribution in [2.24, 2.45) is 11.8 Å². The first kappa shape index (κ1) is 17.2. The molecule has 1 aromatic heterocycles. The number of rotatable bonds is 6. The first-order chi connectivity index (χ1) is 10.4. The summed E-state index contributed by atoms with van der Waals surface area (Å²) in [5, 5.41) is 1.69. The molecule has 5 nitrogen and oxygen atoms in total. The molecule has 7 heteroatoms. The predicted octanol–water partition coefficient (Wildman–Crippen LogP) is 2.51. The van der Waals surface area contributed by atoms with Crippen molar-refractivity contribution in [3.63, 3.8) is 0 Å². The van der Waals surface area contributed by atoms with Crippen molar-refractivity contribution < 1.29 is 17.9 Å². The van der Waals surface area contributed by atoms with Gasteiger partial charge in [-0.1, -0.05) is 25.1 Å². The zero-order chi connectivity index (χ0) is 16.2. The quantitative estimate of drug-likeness (QED) is 0.588. The van der Waals surface area contributed by atoms with Gasteiger partial charge in [0.15, 0.2) is 0 Å². The van der Waals surface area contributed by atoms with Gasteiger partial charge in [0.1, 0.15) is 10.8 Å². The Labute approximate surface area is 135 Å². The van der Waals surface area contributed by atoms with E-state index in [1.165, 1.54) is 13.1 Å². The number of likely N-dealkylation sites (N-methyl/N-ethyl adjacent to an activating group) is 1. The second kappa shape index (κ2) is 7.39. The van der Waals surface area contributed by atoms with Gasteiger partial charge in [0.05, 0.1) is 6.61 Å². The molecular formula is C15H21NO4S2. The molecule has 2 unspecified atom stereocenters. The molecule has 1 aliphatic rings. The molecule has 2 atom stereocenters. The van der Waals surface area contributed by atoms with Crippen LogP contribution in [-0.4, -0.2) is 38.9 Å². The van der Waals surface area contributed by atoms with Crippen molar-refractivity contribution in [1.29, 1.82) is 0 Å². The Balaban J connectivity index is 1.85. The molecular weight excluding hydrogens is 322 g/mol. The maximum Gasteiger partial charge on any atom is 0.321 e. The third-order valence-electron chi connectivity index (χ3n) is 3.89. The summed E-state index contributed by atoms with van der Waals surface area (Å²) in [7, 11) is -2.21. The van der Waals surface area contributed by atoms with Crippen LogP contribution >= 0.6 is 11.3 Å². The van der Waals surface area contributed by atoms with Crippen LogP contribution in [0, 0.1) is 11.8 Å². The highest BCUT2D eigenvalue weighted by atomic mass is 32.2. The number of hydrogen-bond donors (Lipinski definition) is 0. The van der Waals surface area contributed by atoms with E-state index in [0.717, 1.165) is 28.5 Å². The Hall–Kier alpha value is -1.18. The number of esters is 1. The number of nitrogens with zero attached hydrogens (tertiary/aromatic N) is 1. The number of carbonyl (C=O) groups is 1. The molecule has 22 heavy (non-hydrogen) atoms. The highest BCUT2D eigenvalue weighted by molar-refractivity contribution is 7.91. The maximum absolute atomic E-state index is 12.2. The van der Waals surface area contributed by atoms with Gasteiger partial charge in [-0.25, -0.2) is 8.42 Å². The predicted molar refractivity (Wildman–Crippen MR) is 86.1 cm³/mol. The van der Waals surface area contributed by atoms with Crippen molar-refractivity contribution in [1.82, 2.24) is 4.31 Å². The molecule has 0 spiro atoms. The van der Waals surface area contributed by atoms with E-state index < -0.39 is 16.0 Å². The molecule has 0 aliphatic heterocycles. The zero-order valence-corrected chi connectivity index (χ0v) is 14.4. The molecule has 0 radical (unpaired) electrons. The lowest BCUT2D eigenvalue weighted by Gasteiger charge is -2.25. The Morgan fingerprint density at radius 1 is 1.41 bits per heavy atom. The van der Waals surface area contributed by atoms with Crippen molar-refractivity contribution in [2.45, 2.75) is 24.0 Å². The summed E-state index contributed by atoms with van der Waals surface area (Å²) in [5.74, 6) is 0.280. The molecule has 2 rings (SSSR count). The van der Waals surface area contributed by atoms with Crippen LogP contribution in [0.15, 0.2) is 33.9 Å².